The molecule has 0 aromatic heterocycles. The Kier molecular flexibility index (Phi) is 7.93. The van der Waals surface area contributed by atoms with E-state index in [1.165, 1.54) is 42.4 Å². The summed E-state index contributed by atoms with van der Waals surface area (Å²) in [6.07, 6.45) is 10.1. The summed E-state index contributed by atoms with van der Waals surface area (Å²) >= 11 is 0. The second-order valence-corrected chi connectivity index (χ2v) is 17.2. The lowest BCUT2D eigenvalue weighted by Crippen LogP contribution is -2.64. The van der Waals surface area contributed by atoms with Gasteiger partial charge in [-0.2, -0.15) is 4.72 Å². The van der Waals surface area contributed by atoms with Crippen molar-refractivity contribution >= 4 is 10.0 Å². The van der Waals surface area contributed by atoms with Gasteiger partial charge in [-0.15, -0.1) is 0 Å². The molecule has 3 aliphatic carbocycles. The fourth-order valence-corrected chi connectivity index (χ4v) is 10.0. The van der Waals surface area contributed by atoms with Crippen LogP contribution >= 0.6 is 0 Å². The zero-order valence-electron chi connectivity index (χ0n) is 25.3. The molecule has 2 aliphatic heterocycles. The van der Waals surface area contributed by atoms with Crippen molar-refractivity contribution in [1.29, 1.82) is 0 Å². The average molecular weight is 573 g/mol. The molecule has 8 heteroatoms. The molecule has 1 aromatic carbocycles. The van der Waals surface area contributed by atoms with Gasteiger partial charge in [0.15, 0.2) is 0 Å². The molecule has 4 bridgehead atoms. The van der Waals surface area contributed by atoms with Gasteiger partial charge in [0.2, 0.25) is 10.0 Å². The quantitative estimate of drug-likeness (QED) is 0.468. The van der Waals surface area contributed by atoms with Gasteiger partial charge in [-0.05, 0) is 98.7 Å². The van der Waals surface area contributed by atoms with Crippen LogP contribution in [-0.4, -0.2) is 56.3 Å². The number of fused-ring (bicyclic) bond motifs is 4. The lowest BCUT2D eigenvalue weighted by Gasteiger charge is -2.50. The number of benzene rings is 1. The van der Waals surface area contributed by atoms with Crippen LogP contribution in [0.4, 0.5) is 0 Å². The van der Waals surface area contributed by atoms with Gasteiger partial charge in [-0.25, -0.2) is 8.42 Å². The topological polar surface area (TPSA) is 82.7 Å². The number of hydrogen-bond donors (Lipinski definition) is 3. The van der Waals surface area contributed by atoms with Crippen LogP contribution in [0.15, 0.2) is 18.2 Å². The number of hydrogen-bond acceptors (Lipinski definition) is 6. The largest absolute Gasteiger partial charge is 0.362 e. The standard InChI is InChI=1S/C32H52N4O3S/c1-21-8-6-9-22(2)29(21)27-15-28-34-30(33-27)35-40(37,38)26-11-7-10-23(14-26)19-36(24-17-32(18-24)12-13-32)25(20-39-28)16-31(3,4)5/h6,8-9,23-28,30,33-35H,7,10-20H2,1-5H3/t23?,25-,26?,27?,28?,30?/m1/s1. The van der Waals surface area contributed by atoms with Crippen LogP contribution in [0.3, 0.4) is 0 Å². The normalized spacial score (nSPS) is 36.6. The molecule has 5 aliphatic rings. The third kappa shape index (κ3) is 6.32. The third-order valence-corrected chi connectivity index (χ3v) is 12.4. The first-order valence-corrected chi connectivity index (χ1v) is 17.4. The van der Waals surface area contributed by atoms with Gasteiger partial charge in [0, 0.05) is 31.1 Å². The van der Waals surface area contributed by atoms with E-state index in [0.29, 0.717) is 30.0 Å². The van der Waals surface area contributed by atoms with E-state index in [1.54, 1.807) is 0 Å². The summed E-state index contributed by atoms with van der Waals surface area (Å²) in [6, 6.07) is 7.33. The molecule has 0 amide bonds. The maximum absolute atomic E-state index is 13.8. The zero-order valence-corrected chi connectivity index (χ0v) is 26.2. The lowest BCUT2D eigenvalue weighted by molar-refractivity contribution is -0.0729. The molecule has 5 unspecified atom stereocenters. The molecular formula is C32H52N4O3S. The molecule has 3 saturated carbocycles. The molecule has 40 heavy (non-hydrogen) atoms. The maximum Gasteiger partial charge on any atom is 0.216 e. The molecule has 3 N–H and O–H groups in total. The third-order valence-electron chi connectivity index (χ3n) is 10.6. The molecule has 6 rings (SSSR count). The van der Waals surface area contributed by atoms with Gasteiger partial charge >= 0.3 is 0 Å². The van der Waals surface area contributed by atoms with Crippen LogP contribution in [0.2, 0.25) is 0 Å². The van der Waals surface area contributed by atoms with Gasteiger partial charge in [0.1, 0.15) is 12.5 Å². The van der Waals surface area contributed by atoms with Gasteiger partial charge in [0.25, 0.3) is 0 Å². The van der Waals surface area contributed by atoms with Crippen LogP contribution < -0.4 is 15.4 Å². The molecule has 0 radical (unpaired) electrons. The van der Waals surface area contributed by atoms with Crippen LogP contribution in [0, 0.1) is 30.6 Å². The Hall–Kier alpha value is -1.03. The Morgan fingerprint density at radius 3 is 2.45 bits per heavy atom. The first kappa shape index (κ1) is 29.1. The molecule has 5 fully saturated rings. The van der Waals surface area contributed by atoms with E-state index in [2.05, 4.69) is 73.1 Å². The highest BCUT2D eigenvalue weighted by Crippen LogP contribution is 2.62. The molecule has 1 aromatic rings. The molecule has 7 nitrogen and oxygen atoms in total. The van der Waals surface area contributed by atoms with Gasteiger partial charge in [-0.1, -0.05) is 45.4 Å². The highest BCUT2D eigenvalue weighted by atomic mass is 32.2. The monoisotopic (exact) mass is 572 g/mol. The van der Waals surface area contributed by atoms with E-state index in [9.17, 15) is 8.42 Å². The van der Waals surface area contributed by atoms with Crippen LogP contribution in [0.5, 0.6) is 0 Å². The van der Waals surface area contributed by atoms with Gasteiger partial charge in [-0.3, -0.25) is 15.5 Å². The van der Waals surface area contributed by atoms with Crippen molar-refractivity contribution in [3.63, 3.8) is 0 Å². The summed E-state index contributed by atoms with van der Waals surface area (Å²) in [5.41, 5.74) is 4.52. The summed E-state index contributed by atoms with van der Waals surface area (Å²) in [4.78, 5) is 2.79. The number of sulfonamides is 1. The van der Waals surface area contributed by atoms with E-state index >= 15 is 0 Å². The van der Waals surface area contributed by atoms with Crippen molar-refractivity contribution in [2.24, 2.45) is 16.7 Å². The Morgan fingerprint density at radius 2 is 1.77 bits per heavy atom. The van der Waals surface area contributed by atoms with Crippen molar-refractivity contribution < 1.29 is 13.2 Å². The van der Waals surface area contributed by atoms with Crippen LogP contribution in [0.1, 0.15) is 108 Å². The highest BCUT2D eigenvalue weighted by Gasteiger charge is 2.55. The van der Waals surface area contributed by atoms with E-state index in [-0.39, 0.29) is 22.9 Å². The van der Waals surface area contributed by atoms with E-state index in [4.69, 9.17) is 4.74 Å². The molecule has 6 atom stereocenters. The minimum Gasteiger partial charge on any atom is -0.362 e. The molecule has 2 heterocycles. The molecule has 224 valence electrons. The van der Waals surface area contributed by atoms with Gasteiger partial charge < -0.3 is 4.74 Å². The van der Waals surface area contributed by atoms with Crippen molar-refractivity contribution in [3.8, 4) is 0 Å². The fraction of sp³-hybridized carbons (Fsp3) is 0.812. The summed E-state index contributed by atoms with van der Waals surface area (Å²) in [7, 11) is -3.50. The Bertz CT molecular complexity index is 1150. The smallest absolute Gasteiger partial charge is 0.216 e. The first-order valence-electron chi connectivity index (χ1n) is 15.9. The minimum atomic E-state index is -3.50. The lowest BCUT2D eigenvalue weighted by atomic mass is 9.74. The van der Waals surface area contributed by atoms with E-state index in [1.807, 2.05) is 0 Å². The van der Waals surface area contributed by atoms with Crippen molar-refractivity contribution in [1.82, 2.24) is 20.3 Å². The average Bonchev–Trinajstić information content (AvgIpc) is 3.65. The Labute approximate surface area is 242 Å². The number of ether oxygens (including phenoxy) is 1. The summed E-state index contributed by atoms with van der Waals surface area (Å²) in [5, 5.41) is 6.76. The summed E-state index contributed by atoms with van der Waals surface area (Å²) in [6.45, 7) is 13.0. The van der Waals surface area contributed by atoms with E-state index < -0.39 is 16.3 Å². The predicted molar refractivity (Wildman–Crippen MR) is 160 cm³/mol. The first-order chi connectivity index (χ1) is 18.9. The number of aryl methyl sites for hydroxylation is 2. The van der Waals surface area contributed by atoms with Crippen molar-refractivity contribution in [2.75, 3.05) is 13.2 Å². The predicted octanol–water partition coefficient (Wildman–Crippen LogP) is 5.09. The van der Waals surface area contributed by atoms with Crippen molar-refractivity contribution in [3.05, 3.63) is 34.9 Å². The second kappa shape index (κ2) is 10.9. The zero-order chi connectivity index (χ0) is 28.3. The number of nitrogens with one attached hydrogen (secondary N) is 3. The molecular weight excluding hydrogens is 520 g/mol. The Balaban J connectivity index is 1.32. The summed E-state index contributed by atoms with van der Waals surface area (Å²) in [5.74, 6) is 0.414. The molecule has 2 saturated heterocycles. The molecule has 1 spiro atoms. The fourth-order valence-electron chi connectivity index (χ4n) is 8.36. The van der Waals surface area contributed by atoms with E-state index in [0.717, 1.165) is 45.1 Å². The number of rotatable bonds is 3. The Morgan fingerprint density at radius 1 is 1.05 bits per heavy atom. The second-order valence-electron chi connectivity index (χ2n) is 15.2. The van der Waals surface area contributed by atoms with Crippen molar-refractivity contribution in [2.45, 2.75) is 135 Å². The van der Waals surface area contributed by atoms with Crippen LogP contribution in [0.25, 0.3) is 0 Å². The van der Waals surface area contributed by atoms with Gasteiger partial charge in [0.05, 0.1) is 11.9 Å². The SMILES string of the molecule is Cc1cccc(C)c1C1CC2NC(N1)NS(=O)(=O)C1CCCC(C1)CN(C1CC3(CC3)C1)[C@H](CC(C)(C)C)CO2. The highest BCUT2D eigenvalue weighted by molar-refractivity contribution is 7.90. The van der Waals surface area contributed by atoms with Crippen LogP contribution in [-0.2, 0) is 14.8 Å². The number of nitrogens with zero attached hydrogens (tertiary/aromatic N) is 1. The summed E-state index contributed by atoms with van der Waals surface area (Å²) < 4.78 is 37.4. The maximum atomic E-state index is 13.8. The minimum absolute atomic E-state index is 0.00269.